The lowest BCUT2D eigenvalue weighted by atomic mass is 10.1. The summed E-state index contributed by atoms with van der Waals surface area (Å²) < 4.78 is 1.89. The maximum absolute atomic E-state index is 11.9. The van der Waals surface area contributed by atoms with E-state index in [4.69, 9.17) is 0 Å². The first kappa shape index (κ1) is 17.7. The highest BCUT2D eigenvalue weighted by atomic mass is 16.2. The summed E-state index contributed by atoms with van der Waals surface area (Å²) in [6, 6.07) is 5.72. The number of carbonyl (C=O) groups excluding carboxylic acids is 1. The number of guanidine groups is 1. The molecular weight excluding hydrogens is 306 g/mol. The largest absolute Gasteiger partial charge is 0.357 e. The Kier molecular flexibility index (Phi) is 5.73. The van der Waals surface area contributed by atoms with E-state index in [1.807, 2.05) is 56.5 Å². The topological polar surface area (TPSA) is 95.7 Å². The Bertz CT molecular complexity index is 715. The van der Waals surface area contributed by atoms with E-state index in [0.717, 1.165) is 11.5 Å². The Morgan fingerprint density at radius 1 is 1.25 bits per heavy atom. The number of hydrogen-bond acceptors (Lipinski definition) is 4. The average molecular weight is 331 g/mol. The van der Waals surface area contributed by atoms with E-state index in [-0.39, 0.29) is 18.0 Å². The van der Waals surface area contributed by atoms with Gasteiger partial charge in [0.1, 0.15) is 6.54 Å². The van der Waals surface area contributed by atoms with Crippen molar-refractivity contribution in [3.63, 3.8) is 0 Å². The lowest BCUT2D eigenvalue weighted by Crippen LogP contribution is -2.48. The minimum atomic E-state index is -0.255. The van der Waals surface area contributed by atoms with Crippen molar-refractivity contribution in [2.24, 2.45) is 4.99 Å². The Morgan fingerprint density at radius 2 is 2.04 bits per heavy atom. The van der Waals surface area contributed by atoms with Crippen LogP contribution in [0.4, 0.5) is 0 Å². The van der Waals surface area contributed by atoms with Crippen LogP contribution in [0.2, 0.25) is 0 Å². The van der Waals surface area contributed by atoms with Gasteiger partial charge in [-0.15, -0.1) is 10.2 Å². The first-order valence-corrected chi connectivity index (χ1v) is 8.01. The van der Waals surface area contributed by atoms with Gasteiger partial charge in [-0.25, -0.2) is 4.99 Å². The van der Waals surface area contributed by atoms with E-state index in [9.17, 15) is 4.79 Å². The molecule has 0 aliphatic carbocycles. The molecule has 130 valence electrons. The molecule has 1 amide bonds. The van der Waals surface area contributed by atoms with Crippen LogP contribution in [-0.4, -0.2) is 45.1 Å². The van der Waals surface area contributed by atoms with E-state index in [1.165, 1.54) is 0 Å². The molecule has 0 spiro atoms. The fourth-order valence-corrected chi connectivity index (χ4v) is 2.12. The predicted molar refractivity (Wildman–Crippen MR) is 93.7 cm³/mol. The van der Waals surface area contributed by atoms with E-state index in [1.54, 1.807) is 0 Å². The summed E-state index contributed by atoms with van der Waals surface area (Å²) in [6.07, 6.45) is 1.90. The third-order valence-corrected chi connectivity index (χ3v) is 3.04. The molecule has 8 heteroatoms. The number of fused-ring (bicyclic) bond motifs is 1. The number of carbonyl (C=O) groups is 1. The molecule has 0 aromatic carbocycles. The van der Waals surface area contributed by atoms with Crippen molar-refractivity contribution < 1.29 is 4.79 Å². The fraction of sp³-hybridized carbons (Fsp3) is 0.500. The second kappa shape index (κ2) is 7.76. The Balaban J connectivity index is 1.99. The van der Waals surface area contributed by atoms with Crippen molar-refractivity contribution in [3.8, 4) is 0 Å². The lowest BCUT2D eigenvalue weighted by Gasteiger charge is -2.21. The van der Waals surface area contributed by atoms with Gasteiger partial charge >= 0.3 is 0 Å². The Hall–Kier alpha value is -2.64. The van der Waals surface area contributed by atoms with Gasteiger partial charge in [0, 0.05) is 18.3 Å². The van der Waals surface area contributed by atoms with E-state index in [0.29, 0.717) is 19.0 Å². The molecule has 0 saturated carbocycles. The van der Waals surface area contributed by atoms with Crippen LogP contribution >= 0.6 is 0 Å². The van der Waals surface area contributed by atoms with Gasteiger partial charge in [-0.1, -0.05) is 6.07 Å². The lowest BCUT2D eigenvalue weighted by molar-refractivity contribution is -0.121. The molecule has 2 rings (SSSR count). The molecule has 24 heavy (non-hydrogen) atoms. The van der Waals surface area contributed by atoms with Gasteiger partial charge in [0.15, 0.2) is 17.4 Å². The molecule has 0 unspecified atom stereocenters. The Labute approximate surface area is 141 Å². The Morgan fingerprint density at radius 3 is 2.75 bits per heavy atom. The minimum Gasteiger partial charge on any atom is -0.357 e. The third kappa shape index (κ3) is 5.22. The van der Waals surface area contributed by atoms with Gasteiger partial charge in [-0.2, -0.15) is 0 Å². The molecule has 2 aromatic rings. The SMILES string of the molecule is CCNC(=NCc1nnc2ccccn12)NCC(=O)NC(C)(C)C. The van der Waals surface area contributed by atoms with Crippen LogP contribution in [0.1, 0.15) is 33.5 Å². The highest BCUT2D eigenvalue weighted by Crippen LogP contribution is 2.03. The molecule has 8 nitrogen and oxygen atoms in total. The number of aromatic nitrogens is 3. The zero-order valence-corrected chi connectivity index (χ0v) is 14.6. The van der Waals surface area contributed by atoms with Gasteiger partial charge in [0.2, 0.25) is 5.91 Å². The second-order valence-electron chi connectivity index (χ2n) is 6.39. The predicted octanol–water partition coefficient (Wildman–Crippen LogP) is 0.699. The monoisotopic (exact) mass is 331 g/mol. The third-order valence-electron chi connectivity index (χ3n) is 3.04. The summed E-state index contributed by atoms with van der Waals surface area (Å²) in [5.41, 5.74) is 0.527. The number of rotatable bonds is 5. The molecule has 3 N–H and O–H groups in total. The quantitative estimate of drug-likeness (QED) is 0.554. The maximum Gasteiger partial charge on any atom is 0.239 e. The number of hydrogen-bond donors (Lipinski definition) is 3. The smallest absolute Gasteiger partial charge is 0.239 e. The molecule has 0 atom stereocenters. The van der Waals surface area contributed by atoms with Crippen LogP contribution in [0.5, 0.6) is 0 Å². The molecule has 0 fully saturated rings. The van der Waals surface area contributed by atoms with Crippen molar-refractivity contribution in [3.05, 3.63) is 30.2 Å². The van der Waals surface area contributed by atoms with Gasteiger partial charge in [0.05, 0.1) is 6.54 Å². The highest BCUT2D eigenvalue weighted by Gasteiger charge is 2.13. The molecule has 2 aromatic heterocycles. The number of amides is 1. The summed E-state index contributed by atoms with van der Waals surface area (Å²) in [6.45, 7) is 9.03. The van der Waals surface area contributed by atoms with E-state index < -0.39 is 0 Å². The van der Waals surface area contributed by atoms with E-state index >= 15 is 0 Å². The van der Waals surface area contributed by atoms with Crippen molar-refractivity contribution >= 4 is 17.5 Å². The van der Waals surface area contributed by atoms with Crippen molar-refractivity contribution in [2.45, 2.75) is 39.8 Å². The molecule has 0 bridgehead atoms. The van der Waals surface area contributed by atoms with Crippen LogP contribution in [0.3, 0.4) is 0 Å². The highest BCUT2D eigenvalue weighted by molar-refractivity contribution is 5.86. The molecule has 0 radical (unpaired) electrons. The summed E-state index contributed by atoms with van der Waals surface area (Å²) in [7, 11) is 0. The summed E-state index contributed by atoms with van der Waals surface area (Å²) in [5, 5.41) is 17.3. The van der Waals surface area contributed by atoms with E-state index in [2.05, 4.69) is 31.1 Å². The fourth-order valence-electron chi connectivity index (χ4n) is 2.12. The molecule has 0 aliphatic heterocycles. The van der Waals surface area contributed by atoms with Crippen LogP contribution in [-0.2, 0) is 11.3 Å². The molecule has 0 aliphatic rings. The van der Waals surface area contributed by atoms with Crippen LogP contribution in [0, 0.1) is 0 Å². The summed E-state index contributed by atoms with van der Waals surface area (Å²) in [4.78, 5) is 16.4. The average Bonchev–Trinajstić information content (AvgIpc) is 2.92. The minimum absolute atomic E-state index is 0.0824. The van der Waals surface area contributed by atoms with Crippen molar-refractivity contribution in [1.29, 1.82) is 0 Å². The van der Waals surface area contributed by atoms with Crippen LogP contribution < -0.4 is 16.0 Å². The second-order valence-corrected chi connectivity index (χ2v) is 6.39. The zero-order chi connectivity index (χ0) is 17.6. The van der Waals surface area contributed by atoms with Crippen molar-refractivity contribution in [1.82, 2.24) is 30.5 Å². The van der Waals surface area contributed by atoms with Crippen LogP contribution in [0.25, 0.3) is 5.65 Å². The van der Waals surface area contributed by atoms with Gasteiger partial charge < -0.3 is 16.0 Å². The normalized spacial score (nSPS) is 12.2. The molecular formula is C16H25N7O. The van der Waals surface area contributed by atoms with Crippen LogP contribution in [0.15, 0.2) is 29.4 Å². The van der Waals surface area contributed by atoms with Gasteiger partial charge in [-0.3, -0.25) is 9.20 Å². The first-order valence-electron chi connectivity index (χ1n) is 8.01. The van der Waals surface area contributed by atoms with Gasteiger partial charge in [0.25, 0.3) is 0 Å². The number of aliphatic imine (C=N–C) groups is 1. The number of pyridine rings is 1. The zero-order valence-electron chi connectivity index (χ0n) is 14.6. The maximum atomic E-state index is 11.9. The van der Waals surface area contributed by atoms with Crippen molar-refractivity contribution in [2.75, 3.05) is 13.1 Å². The molecule has 0 saturated heterocycles. The standard InChI is InChI=1S/C16H25N7O/c1-5-17-15(19-11-14(24)20-16(2,3)4)18-10-13-22-21-12-8-6-7-9-23(12)13/h6-9H,5,10-11H2,1-4H3,(H,20,24)(H2,17,18,19). The number of nitrogens with one attached hydrogen (secondary N) is 3. The summed E-state index contributed by atoms with van der Waals surface area (Å²) in [5.74, 6) is 1.22. The first-order chi connectivity index (χ1) is 11.4. The summed E-state index contributed by atoms with van der Waals surface area (Å²) >= 11 is 0. The molecule has 2 heterocycles. The number of nitrogens with zero attached hydrogens (tertiary/aromatic N) is 4. The van der Waals surface area contributed by atoms with Gasteiger partial charge in [-0.05, 0) is 39.8 Å².